The molecule has 0 amide bonds. The van der Waals surface area contributed by atoms with E-state index < -0.39 is 0 Å². The highest BCUT2D eigenvalue weighted by molar-refractivity contribution is 5.30. The standard InChI is InChI=1S/C9H12O/c1-8-6-4-3-5-7-9(8)10-2/h3-4,6-7H,5H2,1-2H3. The van der Waals surface area contributed by atoms with Gasteiger partial charge in [0.15, 0.2) is 0 Å². The van der Waals surface area contributed by atoms with Gasteiger partial charge in [-0.3, -0.25) is 0 Å². The van der Waals surface area contributed by atoms with E-state index in [1.165, 1.54) is 5.57 Å². The number of rotatable bonds is 1. The van der Waals surface area contributed by atoms with Gasteiger partial charge in [-0.1, -0.05) is 18.2 Å². The Kier molecular flexibility index (Phi) is 2.32. The molecule has 0 spiro atoms. The van der Waals surface area contributed by atoms with Crippen molar-refractivity contribution in [2.45, 2.75) is 13.3 Å². The van der Waals surface area contributed by atoms with Crippen LogP contribution in [-0.4, -0.2) is 7.11 Å². The lowest BCUT2D eigenvalue weighted by Gasteiger charge is -2.03. The number of methoxy groups -OCH3 is 1. The van der Waals surface area contributed by atoms with E-state index in [0.717, 1.165) is 12.2 Å². The maximum atomic E-state index is 5.14. The number of hydrogen-bond acceptors (Lipinski definition) is 1. The molecule has 1 aliphatic carbocycles. The van der Waals surface area contributed by atoms with E-state index in [1.807, 2.05) is 6.92 Å². The topological polar surface area (TPSA) is 9.23 Å². The summed E-state index contributed by atoms with van der Waals surface area (Å²) in [6.45, 7) is 2.05. The van der Waals surface area contributed by atoms with Gasteiger partial charge in [-0.2, -0.15) is 0 Å². The second kappa shape index (κ2) is 3.25. The second-order valence-electron chi connectivity index (χ2n) is 2.29. The summed E-state index contributed by atoms with van der Waals surface area (Å²) in [5.41, 5.74) is 1.19. The van der Waals surface area contributed by atoms with Crippen molar-refractivity contribution >= 4 is 0 Å². The Labute approximate surface area is 61.7 Å². The third kappa shape index (κ3) is 1.50. The van der Waals surface area contributed by atoms with E-state index in [9.17, 15) is 0 Å². The Hall–Kier alpha value is -0.980. The molecule has 0 saturated heterocycles. The SMILES string of the molecule is COC1=CCC=CC=C1C. The van der Waals surface area contributed by atoms with Gasteiger partial charge in [0.05, 0.1) is 7.11 Å². The summed E-state index contributed by atoms with van der Waals surface area (Å²) in [6, 6.07) is 0. The molecule has 0 radical (unpaired) electrons. The minimum Gasteiger partial charge on any atom is -0.497 e. The zero-order chi connectivity index (χ0) is 7.40. The van der Waals surface area contributed by atoms with Gasteiger partial charge in [0.2, 0.25) is 0 Å². The molecule has 0 unspecified atom stereocenters. The molecule has 1 aliphatic rings. The van der Waals surface area contributed by atoms with Gasteiger partial charge in [-0.25, -0.2) is 0 Å². The highest BCUT2D eigenvalue weighted by Crippen LogP contribution is 2.13. The summed E-state index contributed by atoms with van der Waals surface area (Å²) in [5, 5.41) is 0. The molecule has 0 aromatic heterocycles. The van der Waals surface area contributed by atoms with E-state index in [4.69, 9.17) is 4.74 Å². The molecule has 0 N–H and O–H groups in total. The summed E-state index contributed by atoms with van der Waals surface area (Å²) >= 11 is 0. The van der Waals surface area contributed by atoms with Crippen molar-refractivity contribution in [3.05, 3.63) is 35.6 Å². The molecule has 0 atom stereocenters. The summed E-state index contributed by atoms with van der Waals surface area (Å²) in [6.07, 6.45) is 9.27. The fraction of sp³-hybridized carbons (Fsp3) is 0.333. The molecular formula is C9H12O. The molecule has 0 heterocycles. The van der Waals surface area contributed by atoms with Crippen LogP contribution in [0.4, 0.5) is 0 Å². The number of allylic oxidation sites excluding steroid dienone is 5. The van der Waals surface area contributed by atoms with Crippen LogP contribution in [0.25, 0.3) is 0 Å². The molecule has 1 nitrogen and oxygen atoms in total. The first kappa shape index (κ1) is 7.13. The molecule has 0 saturated carbocycles. The lowest BCUT2D eigenvalue weighted by atomic mass is 10.2. The number of hydrogen-bond donors (Lipinski definition) is 0. The van der Waals surface area contributed by atoms with Crippen molar-refractivity contribution in [2.24, 2.45) is 0 Å². The minimum absolute atomic E-state index is 0.969. The van der Waals surface area contributed by atoms with Gasteiger partial charge < -0.3 is 4.74 Å². The first-order valence-electron chi connectivity index (χ1n) is 3.42. The van der Waals surface area contributed by atoms with E-state index in [1.54, 1.807) is 7.11 Å². The fourth-order valence-corrected chi connectivity index (χ4v) is 0.953. The third-order valence-corrected chi connectivity index (χ3v) is 1.53. The Balaban J connectivity index is 2.81. The Morgan fingerprint density at radius 3 is 3.00 bits per heavy atom. The average Bonchev–Trinajstić information content (AvgIpc) is 2.13. The Morgan fingerprint density at radius 2 is 2.30 bits per heavy atom. The van der Waals surface area contributed by atoms with Crippen molar-refractivity contribution in [3.63, 3.8) is 0 Å². The number of ether oxygens (including phenoxy) is 1. The van der Waals surface area contributed by atoms with E-state index in [2.05, 4.69) is 24.3 Å². The Morgan fingerprint density at radius 1 is 1.50 bits per heavy atom. The molecule has 1 heteroatoms. The maximum absolute atomic E-state index is 5.14. The van der Waals surface area contributed by atoms with Crippen LogP contribution in [0.5, 0.6) is 0 Å². The van der Waals surface area contributed by atoms with Crippen LogP contribution in [0.15, 0.2) is 35.6 Å². The molecule has 0 bridgehead atoms. The van der Waals surface area contributed by atoms with Crippen molar-refractivity contribution in [1.82, 2.24) is 0 Å². The first-order chi connectivity index (χ1) is 4.84. The summed E-state index contributed by atoms with van der Waals surface area (Å²) in [5.74, 6) is 0.991. The molecule has 0 aromatic rings. The molecule has 1 rings (SSSR count). The van der Waals surface area contributed by atoms with Crippen LogP contribution in [0.3, 0.4) is 0 Å². The van der Waals surface area contributed by atoms with Crippen LogP contribution < -0.4 is 0 Å². The van der Waals surface area contributed by atoms with Crippen LogP contribution in [-0.2, 0) is 4.74 Å². The molecule has 0 fully saturated rings. The lowest BCUT2D eigenvalue weighted by molar-refractivity contribution is 0.300. The normalized spacial score (nSPS) is 17.4. The highest BCUT2D eigenvalue weighted by atomic mass is 16.5. The molecule has 0 aliphatic heterocycles. The lowest BCUT2D eigenvalue weighted by Crippen LogP contribution is -1.86. The van der Waals surface area contributed by atoms with Gasteiger partial charge in [-0.05, 0) is 25.0 Å². The monoisotopic (exact) mass is 136 g/mol. The molecule has 10 heavy (non-hydrogen) atoms. The molecule has 0 aromatic carbocycles. The van der Waals surface area contributed by atoms with Crippen LogP contribution in [0, 0.1) is 0 Å². The Bertz CT molecular complexity index is 197. The minimum atomic E-state index is 0.969. The van der Waals surface area contributed by atoms with E-state index in [0.29, 0.717) is 0 Å². The first-order valence-corrected chi connectivity index (χ1v) is 3.42. The van der Waals surface area contributed by atoms with Crippen LogP contribution >= 0.6 is 0 Å². The van der Waals surface area contributed by atoms with Gasteiger partial charge >= 0.3 is 0 Å². The zero-order valence-electron chi connectivity index (χ0n) is 6.42. The second-order valence-corrected chi connectivity index (χ2v) is 2.29. The van der Waals surface area contributed by atoms with Crippen molar-refractivity contribution < 1.29 is 4.74 Å². The fourth-order valence-electron chi connectivity index (χ4n) is 0.953. The van der Waals surface area contributed by atoms with Crippen LogP contribution in [0.1, 0.15) is 13.3 Å². The zero-order valence-corrected chi connectivity index (χ0v) is 6.42. The molecule has 54 valence electrons. The van der Waals surface area contributed by atoms with Crippen molar-refractivity contribution in [3.8, 4) is 0 Å². The summed E-state index contributed by atoms with van der Waals surface area (Å²) in [7, 11) is 1.70. The predicted molar refractivity (Wildman–Crippen MR) is 42.6 cm³/mol. The van der Waals surface area contributed by atoms with Gasteiger partial charge in [0.25, 0.3) is 0 Å². The summed E-state index contributed by atoms with van der Waals surface area (Å²) < 4.78 is 5.14. The van der Waals surface area contributed by atoms with Crippen molar-refractivity contribution in [2.75, 3.05) is 7.11 Å². The maximum Gasteiger partial charge on any atom is 0.118 e. The van der Waals surface area contributed by atoms with E-state index >= 15 is 0 Å². The van der Waals surface area contributed by atoms with E-state index in [-0.39, 0.29) is 0 Å². The highest BCUT2D eigenvalue weighted by Gasteiger charge is 1.98. The summed E-state index contributed by atoms with van der Waals surface area (Å²) in [4.78, 5) is 0. The van der Waals surface area contributed by atoms with Gasteiger partial charge in [0, 0.05) is 0 Å². The largest absolute Gasteiger partial charge is 0.497 e. The third-order valence-electron chi connectivity index (χ3n) is 1.53. The molecular weight excluding hydrogens is 124 g/mol. The predicted octanol–water partition coefficient (Wildman–Crippen LogP) is 2.42. The van der Waals surface area contributed by atoms with Gasteiger partial charge in [0.1, 0.15) is 5.76 Å². The smallest absolute Gasteiger partial charge is 0.118 e. The average molecular weight is 136 g/mol. The van der Waals surface area contributed by atoms with Crippen molar-refractivity contribution in [1.29, 1.82) is 0 Å². The van der Waals surface area contributed by atoms with Crippen LogP contribution in [0.2, 0.25) is 0 Å². The quantitative estimate of drug-likeness (QED) is 0.538. The van der Waals surface area contributed by atoms with Gasteiger partial charge in [-0.15, -0.1) is 0 Å².